The molecule has 1 aliphatic heterocycles. The van der Waals surface area contributed by atoms with Gasteiger partial charge >= 0.3 is 5.97 Å². The summed E-state index contributed by atoms with van der Waals surface area (Å²) in [6.45, 7) is 0. The number of cyclic esters (lactones) is 1. The lowest BCUT2D eigenvalue weighted by Gasteiger charge is -2.25. The summed E-state index contributed by atoms with van der Waals surface area (Å²) in [5, 5.41) is 1.17. The highest BCUT2D eigenvalue weighted by Gasteiger charge is 2.27. The van der Waals surface area contributed by atoms with E-state index in [-0.39, 0.29) is 12.1 Å². The zero-order chi connectivity index (χ0) is 13.4. The van der Waals surface area contributed by atoms with Crippen molar-refractivity contribution in [3.05, 3.63) is 69.2 Å². The lowest BCUT2D eigenvalue weighted by atomic mass is 9.95. The Hall–Kier alpha value is -1.51. The predicted molar refractivity (Wildman–Crippen MR) is 74.8 cm³/mol. The topological polar surface area (TPSA) is 26.3 Å². The number of rotatable bonds is 1. The van der Waals surface area contributed by atoms with Gasteiger partial charge in [0.15, 0.2) is 0 Å². The smallest absolute Gasteiger partial charge is 0.339 e. The van der Waals surface area contributed by atoms with Crippen LogP contribution in [0.2, 0.25) is 10.0 Å². The van der Waals surface area contributed by atoms with Crippen LogP contribution in [-0.2, 0) is 11.2 Å². The molecule has 1 atom stereocenters. The maximum atomic E-state index is 12.0. The number of esters is 1. The van der Waals surface area contributed by atoms with Crippen molar-refractivity contribution in [1.29, 1.82) is 0 Å². The molecule has 0 bridgehead atoms. The zero-order valence-electron chi connectivity index (χ0n) is 9.90. The molecule has 0 amide bonds. The summed E-state index contributed by atoms with van der Waals surface area (Å²) in [7, 11) is 0. The number of fused-ring (bicyclic) bond motifs is 1. The molecule has 1 aliphatic rings. The van der Waals surface area contributed by atoms with E-state index in [4.69, 9.17) is 27.9 Å². The molecule has 4 heteroatoms. The van der Waals surface area contributed by atoms with Gasteiger partial charge in [0.2, 0.25) is 0 Å². The van der Waals surface area contributed by atoms with E-state index in [2.05, 4.69) is 0 Å². The van der Waals surface area contributed by atoms with Crippen LogP contribution in [0.5, 0.6) is 0 Å². The summed E-state index contributed by atoms with van der Waals surface area (Å²) >= 11 is 11.9. The third-order valence-electron chi connectivity index (χ3n) is 3.17. The minimum atomic E-state index is -0.339. The maximum Gasteiger partial charge on any atom is 0.339 e. The first-order valence-corrected chi connectivity index (χ1v) is 6.64. The average Bonchev–Trinajstić information content (AvgIpc) is 2.39. The lowest BCUT2D eigenvalue weighted by Crippen LogP contribution is -2.21. The van der Waals surface area contributed by atoms with E-state index in [1.165, 1.54) is 0 Å². The monoisotopic (exact) mass is 292 g/mol. The van der Waals surface area contributed by atoms with Gasteiger partial charge in [0.1, 0.15) is 6.10 Å². The summed E-state index contributed by atoms with van der Waals surface area (Å²) in [6.07, 6.45) is 0.346. The first-order chi connectivity index (χ1) is 9.13. The highest BCUT2D eigenvalue weighted by Crippen LogP contribution is 2.32. The quantitative estimate of drug-likeness (QED) is 0.726. The number of benzene rings is 2. The van der Waals surface area contributed by atoms with Crippen molar-refractivity contribution in [3.63, 3.8) is 0 Å². The van der Waals surface area contributed by atoms with Gasteiger partial charge in [0.05, 0.1) is 5.56 Å². The van der Waals surface area contributed by atoms with Crippen molar-refractivity contribution in [2.75, 3.05) is 0 Å². The van der Waals surface area contributed by atoms with Crippen LogP contribution in [0.4, 0.5) is 0 Å². The molecule has 0 N–H and O–H groups in total. The molecule has 2 aromatic rings. The Kier molecular flexibility index (Phi) is 3.21. The second-order valence-corrected chi connectivity index (χ2v) is 5.33. The largest absolute Gasteiger partial charge is 0.454 e. The molecule has 0 spiro atoms. The van der Waals surface area contributed by atoms with Gasteiger partial charge in [-0.3, -0.25) is 0 Å². The van der Waals surface area contributed by atoms with E-state index in [0.29, 0.717) is 22.0 Å². The highest BCUT2D eigenvalue weighted by atomic mass is 35.5. The molecule has 0 aromatic heterocycles. The van der Waals surface area contributed by atoms with Crippen LogP contribution < -0.4 is 0 Å². The van der Waals surface area contributed by atoms with Gasteiger partial charge < -0.3 is 4.74 Å². The number of hydrogen-bond acceptors (Lipinski definition) is 2. The van der Waals surface area contributed by atoms with Gasteiger partial charge in [-0.05, 0) is 35.4 Å². The molecule has 2 aromatic carbocycles. The van der Waals surface area contributed by atoms with Crippen LogP contribution in [-0.4, -0.2) is 5.97 Å². The van der Waals surface area contributed by atoms with Gasteiger partial charge in [-0.25, -0.2) is 4.79 Å². The van der Waals surface area contributed by atoms with Crippen LogP contribution in [0.25, 0.3) is 0 Å². The predicted octanol–water partition coefficient (Wildman–Crippen LogP) is 4.45. The van der Waals surface area contributed by atoms with Crippen molar-refractivity contribution in [1.82, 2.24) is 0 Å². The van der Waals surface area contributed by atoms with Crippen molar-refractivity contribution in [2.45, 2.75) is 12.5 Å². The Morgan fingerprint density at radius 3 is 2.63 bits per heavy atom. The molecular formula is C15H10Cl2O2. The molecule has 0 saturated carbocycles. The average molecular weight is 293 g/mol. The van der Waals surface area contributed by atoms with Gasteiger partial charge in [0, 0.05) is 16.5 Å². The molecule has 19 heavy (non-hydrogen) atoms. The first-order valence-electron chi connectivity index (χ1n) is 5.88. The minimum Gasteiger partial charge on any atom is -0.454 e. The number of halogens is 2. The van der Waals surface area contributed by atoms with Crippen molar-refractivity contribution in [3.8, 4) is 0 Å². The molecule has 0 radical (unpaired) electrons. The van der Waals surface area contributed by atoms with E-state index >= 15 is 0 Å². The summed E-state index contributed by atoms with van der Waals surface area (Å²) < 4.78 is 5.45. The molecular weight excluding hydrogens is 283 g/mol. The Bertz CT molecular complexity index is 652. The van der Waals surface area contributed by atoms with Crippen LogP contribution in [0, 0.1) is 0 Å². The van der Waals surface area contributed by atoms with E-state index in [1.54, 1.807) is 18.2 Å². The summed E-state index contributed by atoms with van der Waals surface area (Å²) in [5.41, 5.74) is 2.40. The Balaban J connectivity index is 1.97. The van der Waals surface area contributed by atoms with E-state index in [1.807, 2.05) is 24.3 Å². The van der Waals surface area contributed by atoms with Crippen LogP contribution >= 0.6 is 23.2 Å². The number of carbonyl (C=O) groups excluding carboxylic acids is 1. The van der Waals surface area contributed by atoms with Gasteiger partial charge in [-0.1, -0.05) is 41.4 Å². The molecule has 0 fully saturated rings. The maximum absolute atomic E-state index is 12.0. The van der Waals surface area contributed by atoms with Gasteiger partial charge in [0.25, 0.3) is 0 Å². The number of ether oxygens (including phenoxy) is 1. The van der Waals surface area contributed by atoms with Crippen LogP contribution in [0.1, 0.15) is 27.6 Å². The van der Waals surface area contributed by atoms with E-state index in [0.717, 1.165) is 11.1 Å². The van der Waals surface area contributed by atoms with Crippen LogP contribution in [0.15, 0.2) is 42.5 Å². The van der Waals surface area contributed by atoms with Crippen molar-refractivity contribution < 1.29 is 9.53 Å². The Morgan fingerprint density at radius 1 is 1.05 bits per heavy atom. The highest BCUT2D eigenvalue weighted by molar-refractivity contribution is 6.31. The fraction of sp³-hybridized carbons (Fsp3) is 0.133. The van der Waals surface area contributed by atoms with E-state index in [9.17, 15) is 4.79 Å². The summed E-state index contributed by atoms with van der Waals surface area (Å²) in [4.78, 5) is 12.0. The first kappa shape index (κ1) is 12.5. The molecule has 2 nitrogen and oxygen atoms in total. The third kappa shape index (κ3) is 2.46. The molecule has 3 rings (SSSR count). The molecule has 1 heterocycles. The Morgan fingerprint density at radius 2 is 1.84 bits per heavy atom. The van der Waals surface area contributed by atoms with Crippen molar-refractivity contribution in [2.24, 2.45) is 0 Å². The van der Waals surface area contributed by atoms with Gasteiger partial charge in [-0.2, -0.15) is 0 Å². The molecule has 1 unspecified atom stereocenters. The fourth-order valence-corrected chi connectivity index (χ4v) is 2.61. The number of carbonyl (C=O) groups is 1. The fourth-order valence-electron chi connectivity index (χ4n) is 2.24. The zero-order valence-corrected chi connectivity index (χ0v) is 11.4. The molecule has 96 valence electrons. The Labute approximate surface area is 120 Å². The lowest BCUT2D eigenvalue weighted by molar-refractivity contribution is 0.0253. The van der Waals surface area contributed by atoms with Crippen molar-refractivity contribution >= 4 is 29.2 Å². The minimum absolute atomic E-state index is 0.292. The second-order valence-electron chi connectivity index (χ2n) is 4.45. The van der Waals surface area contributed by atoms with Gasteiger partial charge in [-0.15, -0.1) is 0 Å². The van der Waals surface area contributed by atoms with Crippen LogP contribution in [0.3, 0.4) is 0 Å². The number of hydrogen-bond donors (Lipinski definition) is 0. The standard InChI is InChI=1S/C15H10Cl2O2/c16-11-3-1-2-10(6-11)14-7-9-4-5-12(17)8-13(9)15(18)19-14/h1-6,8,14H,7H2. The summed E-state index contributed by atoms with van der Waals surface area (Å²) in [6, 6.07) is 12.7. The second kappa shape index (κ2) is 4.87. The normalized spacial score (nSPS) is 17.8. The molecule has 0 saturated heterocycles. The SMILES string of the molecule is O=C1OC(c2cccc(Cl)c2)Cc2ccc(Cl)cc21. The third-order valence-corrected chi connectivity index (χ3v) is 3.64. The summed E-state index contributed by atoms with van der Waals surface area (Å²) in [5.74, 6) is -0.339. The van der Waals surface area contributed by atoms with E-state index < -0.39 is 0 Å². The molecule has 0 aliphatic carbocycles.